The normalized spacial score (nSPS) is 13.3. The van der Waals surface area contributed by atoms with Gasteiger partial charge in [-0.15, -0.1) is 11.3 Å². The zero-order valence-corrected chi connectivity index (χ0v) is 16.5. The van der Waals surface area contributed by atoms with Crippen LogP contribution in [0.3, 0.4) is 0 Å². The molecular weight excluding hydrogens is 380 g/mol. The number of aryl methyl sites for hydroxylation is 1. The Kier molecular flexibility index (Phi) is 6.41. The Morgan fingerprint density at radius 1 is 1.18 bits per heavy atom. The molecule has 0 spiro atoms. The zero-order valence-electron chi connectivity index (χ0n) is 15.7. The molecule has 3 rings (SSSR count). The van der Waals surface area contributed by atoms with Crippen LogP contribution in [0.5, 0.6) is 0 Å². The van der Waals surface area contributed by atoms with E-state index in [0.717, 1.165) is 42.5 Å². The van der Waals surface area contributed by atoms with E-state index in [0.29, 0.717) is 16.1 Å². The molecule has 0 fully saturated rings. The second-order valence-electron chi connectivity index (χ2n) is 6.64. The number of nitro groups is 1. The van der Waals surface area contributed by atoms with Gasteiger partial charge in [-0.1, -0.05) is 18.6 Å². The number of nitrogens with one attached hydrogen (secondary N) is 1. The number of hydrogen-bond donors (Lipinski definition) is 1. The second kappa shape index (κ2) is 8.97. The molecule has 148 valence electrons. The third kappa shape index (κ3) is 4.56. The number of esters is 1. The van der Waals surface area contributed by atoms with Crippen LogP contribution in [-0.4, -0.2) is 23.4 Å². The van der Waals surface area contributed by atoms with Gasteiger partial charge in [-0.3, -0.25) is 14.9 Å². The Morgan fingerprint density at radius 3 is 2.57 bits per heavy atom. The van der Waals surface area contributed by atoms with Crippen LogP contribution in [-0.2, 0) is 28.8 Å². The summed E-state index contributed by atoms with van der Waals surface area (Å²) >= 11 is 1.45. The molecule has 28 heavy (non-hydrogen) atoms. The average Bonchev–Trinajstić information content (AvgIpc) is 2.82. The van der Waals surface area contributed by atoms with Crippen LogP contribution in [0, 0.1) is 10.1 Å². The molecule has 7 nitrogen and oxygen atoms in total. The van der Waals surface area contributed by atoms with Crippen LogP contribution in [0.25, 0.3) is 0 Å². The van der Waals surface area contributed by atoms with Gasteiger partial charge < -0.3 is 10.1 Å². The van der Waals surface area contributed by atoms with Gasteiger partial charge in [0.05, 0.1) is 23.5 Å². The van der Waals surface area contributed by atoms with Gasteiger partial charge in [0, 0.05) is 17.0 Å². The van der Waals surface area contributed by atoms with Gasteiger partial charge in [0.15, 0.2) is 0 Å². The van der Waals surface area contributed by atoms with Gasteiger partial charge in [-0.2, -0.15) is 0 Å². The molecule has 0 radical (unpaired) electrons. The van der Waals surface area contributed by atoms with Crippen molar-refractivity contribution in [1.29, 1.82) is 0 Å². The Bertz CT molecular complexity index is 889. The van der Waals surface area contributed by atoms with E-state index in [1.54, 1.807) is 19.1 Å². The van der Waals surface area contributed by atoms with Crippen molar-refractivity contribution < 1.29 is 19.2 Å². The molecule has 0 atom stereocenters. The number of thiophene rings is 1. The number of anilines is 1. The Labute approximate surface area is 166 Å². The number of ether oxygens (including phenoxy) is 1. The number of fused-ring (bicyclic) bond motifs is 1. The van der Waals surface area contributed by atoms with E-state index in [1.165, 1.54) is 23.5 Å². The van der Waals surface area contributed by atoms with E-state index in [2.05, 4.69) is 5.32 Å². The largest absolute Gasteiger partial charge is 0.462 e. The fraction of sp³-hybridized carbons (Fsp3) is 0.400. The molecule has 1 aliphatic carbocycles. The number of rotatable bonds is 6. The summed E-state index contributed by atoms with van der Waals surface area (Å²) in [6.45, 7) is 2.04. The molecule has 2 aromatic rings. The number of carbonyl (C=O) groups excluding carboxylic acids is 2. The average molecular weight is 402 g/mol. The number of carbonyl (C=O) groups is 2. The molecule has 1 aromatic carbocycles. The Balaban J connectivity index is 1.79. The first-order chi connectivity index (χ1) is 13.5. The van der Waals surface area contributed by atoms with Crippen LogP contribution in [0.2, 0.25) is 0 Å². The summed E-state index contributed by atoms with van der Waals surface area (Å²) < 4.78 is 5.22. The number of hydrogen-bond acceptors (Lipinski definition) is 6. The first kappa shape index (κ1) is 20.0. The van der Waals surface area contributed by atoms with Crippen molar-refractivity contribution in [2.45, 2.75) is 45.4 Å². The predicted octanol–water partition coefficient (Wildman–Crippen LogP) is 4.28. The molecule has 0 saturated heterocycles. The number of benzene rings is 1. The molecular formula is C20H22N2O5S. The molecule has 1 heterocycles. The number of amides is 1. The van der Waals surface area contributed by atoms with Crippen molar-refractivity contribution in [3.63, 3.8) is 0 Å². The maximum Gasteiger partial charge on any atom is 0.341 e. The highest BCUT2D eigenvalue weighted by Crippen LogP contribution is 2.38. The molecule has 1 aliphatic rings. The summed E-state index contributed by atoms with van der Waals surface area (Å²) in [7, 11) is 0. The van der Waals surface area contributed by atoms with Gasteiger partial charge in [-0.05, 0) is 43.7 Å². The fourth-order valence-corrected chi connectivity index (χ4v) is 4.64. The molecule has 1 aromatic heterocycles. The fourth-order valence-electron chi connectivity index (χ4n) is 3.34. The maximum absolute atomic E-state index is 12.5. The lowest BCUT2D eigenvalue weighted by molar-refractivity contribution is -0.384. The van der Waals surface area contributed by atoms with Gasteiger partial charge >= 0.3 is 5.97 Å². The van der Waals surface area contributed by atoms with E-state index in [4.69, 9.17) is 4.74 Å². The summed E-state index contributed by atoms with van der Waals surface area (Å²) in [6, 6.07) is 5.88. The van der Waals surface area contributed by atoms with Crippen molar-refractivity contribution in [3.05, 3.63) is 55.9 Å². The first-order valence-electron chi connectivity index (χ1n) is 9.34. The van der Waals surface area contributed by atoms with Gasteiger partial charge in [0.25, 0.3) is 5.69 Å². The number of nitro benzene ring substituents is 1. The highest BCUT2D eigenvalue weighted by atomic mass is 32.1. The minimum Gasteiger partial charge on any atom is -0.462 e. The molecule has 0 aliphatic heterocycles. The van der Waals surface area contributed by atoms with E-state index in [9.17, 15) is 19.7 Å². The SMILES string of the molecule is CCOC(=O)c1c(NC(=O)Cc2ccc([N+](=O)[O-])cc2)sc2c1CCCCC2. The molecule has 8 heteroatoms. The van der Waals surface area contributed by atoms with Crippen molar-refractivity contribution >= 4 is 33.9 Å². The Hall–Kier alpha value is -2.74. The van der Waals surface area contributed by atoms with Crippen molar-refractivity contribution in [2.75, 3.05) is 11.9 Å². The molecule has 0 saturated carbocycles. The number of nitrogens with zero attached hydrogens (tertiary/aromatic N) is 1. The standard InChI is InChI=1S/C20H22N2O5S/c1-2-27-20(24)18-15-6-4-3-5-7-16(15)28-19(18)21-17(23)12-13-8-10-14(11-9-13)22(25)26/h8-11H,2-7,12H2,1H3,(H,21,23). The molecule has 1 amide bonds. The Morgan fingerprint density at radius 2 is 1.89 bits per heavy atom. The van der Waals surface area contributed by atoms with E-state index in [-0.39, 0.29) is 24.6 Å². The third-order valence-corrected chi connectivity index (χ3v) is 5.87. The zero-order chi connectivity index (χ0) is 20.1. The van der Waals surface area contributed by atoms with Crippen LogP contribution in [0.15, 0.2) is 24.3 Å². The van der Waals surface area contributed by atoms with Crippen LogP contribution in [0.4, 0.5) is 10.7 Å². The highest BCUT2D eigenvalue weighted by Gasteiger charge is 2.26. The van der Waals surface area contributed by atoms with E-state index in [1.807, 2.05) is 0 Å². The van der Waals surface area contributed by atoms with Crippen LogP contribution >= 0.6 is 11.3 Å². The van der Waals surface area contributed by atoms with Gasteiger partial charge in [0.2, 0.25) is 5.91 Å². The topological polar surface area (TPSA) is 98.5 Å². The molecule has 0 unspecified atom stereocenters. The summed E-state index contributed by atoms with van der Waals surface area (Å²) in [5.41, 5.74) is 2.14. The van der Waals surface area contributed by atoms with Crippen LogP contribution < -0.4 is 5.32 Å². The second-order valence-corrected chi connectivity index (χ2v) is 7.74. The van der Waals surface area contributed by atoms with E-state index >= 15 is 0 Å². The summed E-state index contributed by atoms with van der Waals surface area (Å²) in [5, 5.41) is 14.1. The minimum absolute atomic E-state index is 0.0178. The monoisotopic (exact) mass is 402 g/mol. The third-order valence-electron chi connectivity index (χ3n) is 4.67. The molecule has 1 N–H and O–H groups in total. The maximum atomic E-state index is 12.5. The predicted molar refractivity (Wildman–Crippen MR) is 107 cm³/mol. The number of non-ortho nitro benzene ring substituents is 1. The summed E-state index contributed by atoms with van der Waals surface area (Å²) in [5.74, 6) is -0.664. The molecule has 0 bridgehead atoms. The minimum atomic E-state index is -0.478. The van der Waals surface area contributed by atoms with Crippen molar-refractivity contribution in [3.8, 4) is 0 Å². The highest BCUT2D eigenvalue weighted by molar-refractivity contribution is 7.17. The summed E-state index contributed by atoms with van der Waals surface area (Å²) in [4.78, 5) is 36.4. The van der Waals surface area contributed by atoms with E-state index < -0.39 is 10.9 Å². The smallest absolute Gasteiger partial charge is 0.341 e. The van der Waals surface area contributed by atoms with Crippen LogP contribution in [0.1, 0.15) is 52.5 Å². The van der Waals surface area contributed by atoms with Crippen molar-refractivity contribution in [2.24, 2.45) is 0 Å². The van der Waals surface area contributed by atoms with Gasteiger partial charge in [0.1, 0.15) is 5.00 Å². The lowest BCUT2D eigenvalue weighted by atomic mass is 10.1. The van der Waals surface area contributed by atoms with Gasteiger partial charge in [-0.25, -0.2) is 4.79 Å². The first-order valence-corrected chi connectivity index (χ1v) is 10.2. The quantitative estimate of drug-likeness (QED) is 0.336. The lowest BCUT2D eigenvalue weighted by Crippen LogP contribution is -2.17. The lowest BCUT2D eigenvalue weighted by Gasteiger charge is -2.08. The van der Waals surface area contributed by atoms with Crippen molar-refractivity contribution in [1.82, 2.24) is 0 Å². The summed E-state index contributed by atoms with van der Waals surface area (Å²) in [6.07, 6.45) is 5.02.